The van der Waals surface area contributed by atoms with Gasteiger partial charge in [-0.15, -0.1) is 0 Å². The van der Waals surface area contributed by atoms with E-state index in [1.807, 2.05) is 6.07 Å². The number of nitriles is 1. The minimum absolute atomic E-state index is 0.0189. The van der Waals surface area contributed by atoms with Gasteiger partial charge in [0.2, 0.25) is 5.91 Å². The van der Waals surface area contributed by atoms with Crippen LogP contribution in [0, 0.1) is 11.3 Å². The van der Waals surface area contributed by atoms with Gasteiger partial charge in [0.25, 0.3) is 0 Å². The standard InChI is InChI=1S/C15H19N3O/c1-2-8-15(9-5-10-17-15)14(19)18-13-7-4-3-6-12(13)11-16/h3-4,6-7,17H,2,5,8-10H2,1H3,(H,18,19). The Morgan fingerprint density at radius 3 is 2.95 bits per heavy atom. The lowest BCUT2D eigenvalue weighted by molar-refractivity contribution is -0.122. The van der Waals surface area contributed by atoms with E-state index in [9.17, 15) is 4.79 Å². The van der Waals surface area contributed by atoms with Crippen molar-refractivity contribution in [2.75, 3.05) is 11.9 Å². The molecular formula is C15H19N3O. The van der Waals surface area contributed by atoms with E-state index >= 15 is 0 Å². The first-order valence-electron chi connectivity index (χ1n) is 6.77. The third-order valence-corrected chi connectivity index (χ3v) is 3.65. The molecule has 0 saturated carbocycles. The quantitative estimate of drug-likeness (QED) is 0.870. The van der Waals surface area contributed by atoms with Crippen molar-refractivity contribution in [2.24, 2.45) is 0 Å². The van der Waals surface area contributed by atoms with E-state index in [1.165, 1.54) is 0 Å². The first kappa shape index (κ1) is 13.6. The van der Waals surface area contributed by atoms with Crippen LogP contribution in [0.2, 0.25) is 0 Å². The van der Waals surface area contributed by atoms with Gasteiger partial charge in [-0.1, -0.05) is 25.5 Å². The molecule has 0 aromatic heterocycles. The second-order valence-corrected chi connectivity index (χ2v) is 4.97. The van der Waals surface area contributed by atoms with Crippen LogP contribution in [0.15, 0.2) is 24.3 Å². The van der Waals surface area contributed by atoms with E-state index in [-0.39, 0.29) is 5.91 Å². The summed E-state index contributed by atoms with van der Waals surface area (Å²) in [6.45, 7) is 2.96. The maximum absolute atomic E-state index is 12.5. The van der Waals surface area contributed by atoms with E-state index in [1.54, 1.807) is 18.2 Å². The molecule has 1 aromatic rings. The van der Waals surface area contributed by atoms with Crippen LogP contribution in [0.3, 0.4) is 0 Å². The molecule has 0 spiro atoms. The molecule has 0 radical (unpaired) electrons. The normalized spacial score (nSPS) is 21.9. The fourth-order valence-electron chi connectivity index (χ4n) is 2.69. The zero-order valence-corrected chi connectivity index (χ0v) is 11.2. The van der Waals surface area contributed by atoms with Gasteiger partial charge in [-0.25, -0.2) is 0 Å². The van der Waals surface area contributed by atoms with Crippen molar-refractivity contribution in [1.82, 2.24) is 5.32 Å². The lowest BCUT2D eigenvalue weighted by atomic mass is 9.90. The number of nitrogens with one attached hydrogen (secondary N) is 2. The Morgan fingerprint density at radius 2 is 2.32 bits per heavy atom. The van der Waals surface area contributed by atoms with E-state index in [4.69, 9.17) is 5.26 Å². The molecule has 1 aromatic carbocycles. The fraction of sp³-hybridized carbons (Fsp3) is 0.467. The van der Waals surface area contributed by atoms with E-state index in [0.29, 0.717) is 11.3 Å². The molecule has 0 aliphatic carbocycles. The smallest absolute Gasteiger partial charge is 0.244 e. The maximum Gasteiger partial charge on any atom is 0.244 e. The molecular weight excluding hydrogens is 238 g/mol. The molecule has 0 bridgehead atoms. The second-order valence-electron chi connectivity index (χ2n) is 4.97. The van der Waals surface area contributed by atoms with E-state index < -0.39 is 5.54 Å². The van der Waals surface area contributed by atoms with Gasteiger partial charge in [0.1, 0.15) is 6.07 Å². The van der Waals surface area contributed by atoms with Crippen molar-refractivity contribution in [3.05, 3.63) is 29.8 Å². The Bertz CT molecular complexity index is 498. The number of para-hydroxylation sites is 1. The predicted molar refractivity (Wildman–Crippen MR) is 74.7 cm³/mol. The van der Waals surface area contributed by atoms with Crippen molar-refractivity contribution >= 4 is 11.6 Å². The highest BCUT2D eigenvalue weighted by Gasteiger charge is 2.40. The summed E-state index contributed by atoms with van der Waals surface area (Å²) in [5.41, 5.74) is 0.636. The molecule has 2 rings (SSSR count). The van der Waals surface area contributed by atoms with Crippen molar-refractivity contribution in [2.45, 2.75) is 38.1 Å². The van der Waals surface area contributed by atoms with Crippen LogP contribution in [0.4, 0.5) is 5.69 Å². The van der Waals surface area contributed by atoms with Gasteiger partial charge < -0.3 is 10.6 Å². The number of rotatable bonds is 4. The first-order valence-corrected chi connectivity index (χ1v) is 6.77. The van der Waals surface area contributed by atoms with E-state index in [2.05, 4.69) is 23.6 Å². The Balaban J connectivity index is 2.18. The number of anilines is 1. The summed E-state index contributed by atoms with van der Waals surface area (Å²) in [6, 6.07) is 9.20. The summed E-state index contributed by atoms with van der Waals surface area (Å²) in [7, 11) is 0. The molecule has 19 heavy (non-hydrogen) atoms. The lowest BCUT2D eigenvalue weighted by Gasteiger charge is -2.28. The average molecular weight is 257 g/mol. The summed E-state index contributed by atoms with van der Waals surface area (Å²) in [6.07, 6.45) is 3.67. The van der Waals surface area contributed by atoms with Crippen molar-refractivity contribution in [1.29, 1.82) is 5.26 Å². The molecule has 4 heteroatoms. The van der Waals surface area contributed by atoms with Gasteiger partial charge in [0.05, 0.1) is 16.8 Å². The molecule has 1 aliphatic heterocycles. The average Bonchev–Trinajstić information content (AvgIpc) is 2.90. The van der Waals surface area contributed by atoms with Crippen LogP contribution < -0.4 is 10.6 Å². The van der Waals surface area contributed by atoms with Crippen molar-refractivity contribution < 1.29 is 4.79 Å². The second kappa shape index (κ2) is 5.85. The lowest BCUT2D eigenvalue weighted by Crippen LogP contribution is -2.50. The molecule has 1 amide bonds. The third-order valence-electron chi connectivity index (χ3n) is 3.65. The van der Waals surface area contributed by atoms with Gasteiger partial charge in [0, 0.05) is 0 Å². The fourth-order valence-corrected chi connectivity index (χ4v) is 2.69. The topological polar surface area (TPSA) is 64.9 Å². The van der Waals surface area contributed by atoms with Gasteiger partial charge in [0.15, 0.2) is 0 Å². The minimum atomic E-state index is -0.461. The molecule has 100 valence electrons. The first-order chi connectivity index (χ1) is 9.22. The Labute approximate surface area is 113 Å². The number of carbonyl (C=O) groups excluding carboxylic acids is 1. The van der Waals surface area contributed by atoms with Crippen LogP contribution in [0.5, 0.6) is 0 Å². The highest BCUT2D eigenvalue weighted by Crippen LogP contribution is 2.27. The number of amides is 1. The van der Waals surface area contributed by atoms with Crippen molar-refractivity contribution in [3.63, 3.8) is 0 Å². The number of nitrogens with zero attached hydrogens (tertiary/aromatic N) is 1. The SMILES string of the molecule is CCCC1(C(=O)Nc2ccccc2C#N)CCCN1. The molecule has 1 fully saturated rings. The summed E-state index contributed by atoms with van der Waals surface area (Å²) in [4.78, 5) is 12.5. The summed E-state index contributed by atoms with van der Waals surface area (Å²) < 4.78 is 0. The van der Waals surface area contributed by atoms with Crippen molar-refractivity contribution in [3.8, 4) is 6.07 Å². The summed E-state index contributed by atoms with van der Waals surface area (Å²) >= 11 is 0. The van der Waals surface area contributed by atoms with Gasteiger partial charge >= 0.3 is 0 Å². The molecule has 2 N–H and O–H groups in total. The predicted octanol–water partition coefficient (Wildman–Crippen LogP) is 2.42. The zero-order valence-electron chi connectivity index (χ0n) is 11.2. The number of hydrogen-bond donors (Lipinski definition) is 2. The summed E-state index contributed by atoms with van der Waals surface area (Å²) in [5, 5.41) is 15.3. The van der Waals surface area contributed by atoms with Crippen LogP contribution in [0.1, 0.15) is 38.2 Å². The number of carbonyl (C=O) groups is 1. The highest BCUT2D eigenvalue weighted by molar-refractivity contribution is 5.99. The number of benzene rings is 1. The molecule has 1 unspecified atom stereocenters. The monoisotopic (exact) mass is 257 g/mol. The molecule has 1 heterocycles. The number of hydrogen-bond acceptors (Lipinski definition) is 3. The van der Waals surface area contributed by atoms with Crippen LogP contribution in [-0.2, 0) is 4.79 Å². The van der Waals surface area contributed by atoms with Crippen LogP contribution >= 0.6 is 0 Å². The van der Waals surface area contributed by atoms with Gasteiger partial charge in [-0.05, 0) is 37.9 Å². The third kappa shape index (κ3) is 2.77. The highest BCUT2D eigenvalue weighted by atomic mass is 16.2. The molecule has 1 aliphatic rings. The van der Waals surface area contributed by atoms with Gasteiger partial charge in [-0.2, -0.15) is 5.26 Å². The largest absolute Gasteiger partial charge is 0.323 e. The summed E-state index contributed by atoms with van der Waals surface area (Å²) in [5.74, 6) is -0.0189. The van der Waals surface area contributed by atoms with E-state index in [0.717, 1.165) is 32.2 Å². The van der Waals surface area contributed by atoms with Crippen LogP contribution in [0.25, 0.3) is 0 Å². The maximum atomic E-state index is 12.5. The van der Waals surface area contributed by atoms with Crippen LogP contribution in [-0.4, -0.2) is 18.0 Å². The Kier molecular flexibility index (Phi) is 4.18. The Morgan fingerprint density at radius 1 is 1.53 bits per heavy atom. The molecule has 1 saturated heterocycles. The Hall–Kier alpha value is -1.86. The molecule has 4 nitrogen and oxygen atoms in total. The van der Waals surface area contributed by atoms with Gasteiger partial charge in [-0.3, -0.25) is 4.79 Å². The zero-order chi connectivity index (χ0) is 13.7. The molecule has 1 atom stereocenters. The minimum Gasteiger partial charge on any atom is -0.323 e.